The number of hydrogen-bond donors (Lipinski definition) is 0. The third-order valence-corrected chi connectivity index (χ3v) is 7.55. The SMILES string of the molecule is CCC1CCC(CCc2ccc3c(F)c(CCc4ccc(OCC(F)(F)F)c(F)c4)ccc3c2)CC1. The molecular formula is C30H33F5O. The number of hydrogen-bond acceptors (Lipinski definition) is 1. The van der Waals surface area contributed by atoms with Crippen LogP contribution in [-0.4, -0.2) is 12.8 Å². The van der Waals surface area contributed by atoms with Crippen LogP contribution >= 0.6 is 0 Å². The fourth-order valence-electron chi connectivity index (χ4n) is 5.29. The van der Waals surface area contributed by atoms with Crippen LogP contribution in [0.2, 0.25) is 0 Å². The molecule has 1 fully saturated rings. The standard InChI is InChI=1S/C30H33F5O/c1-2-20-3-5-21(6-4-20)7-8-22-10-15-26-25(17-22)14-13-24(29(26)32)12-9-23-11-16-28(27(31)18-23)36-19-30(33,34)35/h10-11,13-18,20-21H,2-9,12,19H2,1H3. The van der Waals surface area contributed by atoms with E-state index in [1.54, 1.807) is 6.07 Å². The lowest BCUT2D eigenvalue weighted by atomic mass is 9.78. The van der Waals surface area contributed by atoms with Gasteiger partial charge in [0.05, 0.1) is 0 Å². The van der Waals surface area contributed by atoms with Gasteiger partial charge in [0.15, 0.2) is 18.2 Å². The van der Waals surface area contributed by atoms with Gasteiger partial charge in [-0.05, 0) is 71.7 Å². The van der Waals surface area contributed by atoms with Crippen molar-refractivity contribution < 1.29 is 26.7 Å². The summed E-state index contributed by atoms with van der Waals surface area (Å²) in [5, 5.41) is 1.45. The van der Waals surface area contributed by atoms with E-state index >= 15 is 4.39 Å². The van der Waals surface area contributed by atoms with E-state index in [4.69, 9.17) is 0 Å². The van der Waals surface area contributed by atoms with Gasteiger partial charge in [0.25, 0.3) is 0 Å². The molecule has 3 aromatic carbocycles. The summed E-state index contributed by atoms with van der Waals surface area (Å²) in [6.07, 6.45) is 4.97. The van der Waals surface area contributed by atoms with E-state index < -0.39 is 24.3 Å². The first-order valence-corrected chi connectivity index (χ1v) is 12.9. The molecule has 4 rings (SSSR count). The highest BCUT2D eigenvalue weighted by Gasteiger charge is 2.29. The van der Waals surface area contributed by atoms with E-state index in [1.165, 1.54) is 56.2 Å². The minimum atomic E-state index is -4.53. The van der Waals surface area contributed by atoms with Crippen LogP contribution in [0.1, 0.15) is 62.1 Å². The highest BCUT2D eigenvalue weighted by atomic mass is 19.4. The zero-order valence-corrected chi connectivity index (χ0v) is 20.6. The monoisotopic (exact) mass is 504 g/mol. The minimum absolute atomic E-state index is 0.275. The molecule has 0 radical (unpaired) electrons. The largest absolute Gasteiger partial charge is 0.481 e. The van der Waals surface area contributed by atoms with E-state index in [9.17, 15) is 17.6 Å². The number of aryl methyl sites for hydroxylation is 3. The summed E-state index contributed by atoms with van der Waals surface area (Å²) >= 11 is 0. The molecule has 0 saturated heterocycles. The van der Waals surface area contributed by atoms with Crippen molar-refractivity contribution in [2.45, 2.75) is 70.9 Å². The summed E-state index contributed by atoms with van der Waals surface area (Å²) in [5.41, 5.74) is 2.32. The number of fused-ring (bicyclic) bond motifs is 1. The molecule has 0 unspecified atom stereocenters. The average molecular weight is 505 g/mol. The molecule has 36 heavy (non-hydrogen) atoms. The molecular weight excluding hydrogens is 471 g/mol. The Balaban J connectivity index is 1.35. The van der Waals surface area contributed by atoms with Crippen molar-refractivity contribution in [3.8, 4) is 5.75 Å². The Hall–Kier alpha value is -2.63. The van der Waals surface area contributed by atoms with Gasteiger partial charge in [-0.1, -0.05) is 75.4 Å². The second-order valence-electron chi connectivity index (χ2n) is 10.1. The Labute approximate surface area is 209 Å². The summed E-state index contributed by atoms with van der Waals surface area (Å²) in [6, 6.07) is 13.5. The molecule has 0 N–H and O–H groups in total. The van der Waals surface area contributed by atoms with E-state index in [0.29, 0.717) is 29.4 Å². The van der Waals surface area contributed by atoms with E-state index in [-0.39, 0.29) is 5.82 Å². The van der Waals surface area contributed by atoms with Crippen LogP contribution in [0.4, 0.5) is 22.0 Å². The second-order valence-corrected chi connectivity index (χ2v) is 10.1. The van der Waals surface area contributed by atoms with Gasteiger partial charge in [-0.3, -0.25) is 0 Å². The molecule has 194 valence electrons. The van der Waals surface area contributed by atoms with E-state index in [2.05, 4.69) is 17.7 Å². The van der Waals surface area contributed by atoms with Crippen molar-refractivity contribution in [1.29, 1.82) is 0 Å². The molecule has 1 aliphatic rings. The number of rotatable bonds is 9. The maximum atomic E-state index is 15.2. The lowest BCUT2D eigenvalue weighted by Crippen LogP contribution is -2.19. The fourth-order valence-corrected chi connectivity index (χ4v) is 5.29. The molecule has 0 heterocycles. The topological polar surface area (TPSA) is 9.23 Å². The van der Waals surface area contributed by atoms with Crippen LogP contribution in [0.25, 0.3) is 10.8 Å². The molecule has 0 bridgehead atoms. The van der Waals surface area contributed by atoms with Crippen molar-refractivity contribution in [2.24, 2.45) is 11.8 Å². The molecule has 1 aliphatic carbocycles. The van der Waals surface area contributed by atoms with Gasteiger partial charge in [-0.15, -0.1) is 0 Å². The number of ether oxygens (including phenoxy) is 1. The van der Waals surface area contributed by atoms with Crippen LogP contribution < -0.4 is 4.74 Å². The minimum Gasteiger partial charge on any atom is -0.481 e. The lowest BCUT2D eigenvalue weighted by Gasteiger charge is -2.27. The van der Waals surface area contributed by atoms with Crippen LogP contribution in [-0.2, 0) is 19.3 Å². The summed E-state index contributed by atoms with van der Waals surface area (Å²) in [6.45, 7) is 0.732. The fraction of sp³-hybridized carbons (Fsp3) is 0.467. The zero-order valence-electron chi connectivity index (χ0n) is 20.6. The number of halogens is 5. The second kappa shape index (κ2) is 11.6. The van der Waals surface area contributed by atoms with Gasteiger partial charge < -0.3 is 4.74 Å². The Kier molecular flexibility index (Phi) is 8.53. The first-order valence-electron chi connectivity index (χ1n) is 12.9. The van der Waals surface area contributed by atoms with Crippen molar-refractivity contribution >= 4 is 10.8 Å². The smallest absolute Gasteiger partial charge is 0.422 e. The van der Waals surface area contributed by atoms with Gasteiger partial charge in [0.1, 0.15) is 5.82 Å². The third kappa shape index (κ3) is 6.98. The van der Waals surface area contributed by atoms with Gasteiger partial charge in [-0.2, -0.15) is 13.2 Å². The predicted molar refractivity (Wildman–Crippen MR) is 133 cm³/mol. The van der Waals surface area contributed by atoms with Crippen molar-refractivity contribution in [3.05, 3.63) is 76.9 Å². The maximum absolute atomic E-state index is 15.2. The normalized spacial score (nSPS) is 18.5. The van der Waals surface area contributed by atoms with Gasteiger partial charge in [0.2, 0.25) is 0 Å². The quantitative estimate of drug-likeness (QED) is 0.264. The van der Waals surface area contributed by atoms with Crippen LogP contribution in [0, 0.1) is 23.5 Å². The summed E-state index contributed by atoms with van der Waals surface area (Å²) in [4.78, 5) is 0. The molecule has 0 atom stereocenters. The number of benzene rings is 3. The first-order chi connectivity index (χ1) is 17.2. The van der Waals surface area contributed by atoms with Crippen LogP contribution in [0.3, 0.4) is 0 Å². The molecule has 1 saturated carbocycles. The Morgan fingerprint density at radius 2 is 1.50 bits per heavy atom. The molecule has 0 aromatic heterocycles. The van der Waals surface area contributed by atoms with Crippen molar-refractivity contribution in [2.75, 3.05) is 6.61 Å². The summed E-state index contributed by atoms with van der Waals surface area (Å²) in [7, 11) is 0. The summed E-state index contributed by atoms with van der Waals surface area (Å²) in [5.74, 6) is 0.106. The van der Waals surface area contributed by atoms with Crippen LogP contribution in [0.15, 0.2) is 48.5 Å². The third-order valence-electron chi connectivity index (χ3n) is 7.55. The van der Waals surface area contributed by atoms with Gasteiger partial charge >= 0.3 is 6.18 Å². The van der Waals surface area contributed by atoms with Crippen LogP contribution in [0.5, 0.6) is 5.75 Å². The lowest BCUT2D eigenvalue weighted by molar-refractivity contribution is -0.153. The molecule has 0 aliphatic heterocycles. The average Bonchev–Trinajstić information content (AvgIpc) is 2.86. The Morgan fingerprint density at radius 3 is 2.19 bits per heavy atom. The summed E-state index contributed by atoms with van der Waals surface area (Å²) < 4.78 is 70.7. The van der Waals surface area contributed by atoms with E-state index in [1.807, 2.05) is 18.2 Å². The van der Waals surface area contributed by atoms with E-state index in [0.717, 1.165) is 29.7 Å². The maximum Gasteiger partial charge on any atom is 0.422 e. The van der Waals surface area contributed by atoms with Crippen molar-refractivity contribution in [3.63, 3.8) is 0 Å². The molecule has 0 spiro atoms. The van der Waals surface area contributed by atoms with Crippen molar-refractivity contribution in [1.82, 2.24) is 0 Å². The Morgan fingerprint density at radius 1 is 0.806 bits per heavy atom. The molecule has 0 amide bonds. The highest BCUT2D eigenvalue weighted by molar-refractivity contribution is 5.84. The first kappa shape index (κ1) is 26.4. The highest BCUT2D eigenvalue weighted by Crippen LogP contribution is 2.33. The predicted octanol–water partition coefficient (Wildman–Crippen LogP) is 8.99. The molecule has 6 heteroatoms. The molecule has 3 aromatic rings. The zero-order chi connectivity index (χ0) is 25.7. The van der Waals surface area contributed by atoms with Gasteiger partial charge in [-0.25, -0.2) is 8.78 Å². The Bertz CT molecular complexity index is 1160. The number of alkyl halides is 3. The van der Waals surface area contributed by atoms with Gasteiger partial charge in [0, 0.05) is 5.39 Å². The molecule has 1 nitrogen and oxygen atoms in total.